The van der Waals surface area contributed by atoms with Crippen molar-refractivity contribution in [3.63, 3.8) is 0 Å². The summed E-state index contributed by atoms with van der Waals surface area (Å²) in [7, 11) is 0. The summed E-state index contributed by atoms with van der Waals surface area (Å²) in [6.07, 6.45) is 6.47. The summed E-state index contributed by atoms with van der Waals surface area (Å²) in [5, 5.41) is 10.6. The SMILES string of the molecule is O=C(CC(c1ccncc1)C1CCNCC1)NCc1ccsc1. The highest BCUT2D eigenvalue weighted by molar-refractivity contribution is 7.07. The predicted molar refractivity (Wildman–Crippen MR) is 93.4 cm³/mol. The third kappa shape index (κ3) is 4.62. The maximum absolute atomic E-state index is 12.4. The lowest BCUT2D eigenvalue weighted by molar-refractivity contribution is -0.122. The highest BCUT2D eigenvalue weighted by Crippen LogP contribution is 2.33. The van der Waals surface area contributed by atoms with Gasteiger partial charge in [-0.3, -0.25) is 9.78 Å². The minimum Gasteiger partial charge on any atom is -0.352 e. The van der Waals surface area contributed by atoms with Gasteiger partial charge >= 0.3 is 0 Å². The normalized spacial score (nSPS) is 16.9. The largest absolute Gasteiger partial charge is 0.352 e. The van der Waals surface area contributed by atoms with Gasteiger partial charge in [-0.15, -0.1) is 0 Å². The van der Waals surface area contributed by atoms with Gasteiger partial charge in [-0.05, 0) is 77.9 Å². The van der Waals surface area contributed by atoms with E-state index in [0.29, 0.717) is 18.9 Å². The minimum atomic E-state index is 0.136. The molecular weight excluding hydrogens is 306 g/mol. The molecule has 0 bridgehead atoms. The first kappa shape index (κ1) is 16.1. The van der Waals surface area contributed by atoms with Gasteiger partial charge in [0.05, 0.1) is 0 Å². The Hall–Kier alpha value is -1.72. The van der Waals surface area contributed by atoms with E-state index in [4.69, 9.17) is 0 Å². The van der Waals surface area contributed by atoms with E-state index in [1.54, 1.807) is 11.3 Å². The molecular formula is C18H23N3OS. The van der Waals surface area contributed by atoms with E-state index < -0.39 is 0 Å². The molecule has 2 aromatic rings. The average Bonchev–Trinajstić information content (AvgIpc) is 3.13. The fourth-order valence-electron chi connectivity index (χ4n) is 3.28. The lowest BCUT2D eigenvalue weighted by Crippen LogP contribution is -2.33. The number of piperidine rings is 1. The van der Waals surface area contributed by atoms with Gasteiger partial charge in [0.25, 0.3) is 0 Å². The summed E-state index contributed by atoms with van der Waals surface area (Å²) < 4.78 is 0. The molecule has 3 rings (SSSR count). The fraction of sp³-hybridized carbons (Fsp3) is 0.444. The Labute approximate surface area is 141 Å². The number of carbonyl (C=O) groups is 1. The Morgan fingerprint density at radius 2 is 2.09 bits per heavy atom. The van der Waals surface area contributed by atoms with Crippen LogP contribution in [0.3, 0.4) is 0 Å². The first-order valence-electron chi connectivity index (χ1n) is 8.21. The third-order valence-electron chi connectivity index (χ3n) is 4.56. The molecule has 1 saturated heterocycles. The van der Waals surface area contributed by atoms with Gasteiger partial charge in [0.1, 0.15) is 0 Å². The molecule has 1 aliphatic heterocycles. The molecule has 5 heteroatoms. The smallest absolute Gasteiger partial charge is 0.220 e. The molecule has 1 amide bonds. The van der Waals surface area contributed by atoms with Crippen LogP contribution in [-0.4, -0.2) is 24.0 Å². The summed E-state index contributed by atoms with van der Waals surface area (Å²) in [6, 6.07) is 6.16. The van der Waals surface area contributed by atoms with Gasteiger partial charge < -0.3 is 10.6 Å². The molecule has 0 spiro atoms. The van der Waals surface area contributed by atoms with Crippen LogP contribution in [0.4, 0.5) is 0 Å². The van der Waals surface area contributed by atoms with Gasteiger partial charge in [-0.1, -0.05) is 0 Å². The predicted octanol–water partition coefficient (Wildman–Crippen LogP) is 2.93. The molecule has 1 unspecified atom stereocenters. The van der Waals surface area contributed by atoms with Gasteiger partial charge in [-0.25, -0.2) is 0 Å². The molecule has 3 heterocycles. The van der Waals surface area contributed by atoms with Crippen molar-refractivity contribution in [1.82, 2.24) is 15.6 Å². The van der Waals surface area contributed by atoms with Crippen molar-refractivity contribution in [2.75, 3.05) is 13.1 Å². The number of rotatable bonds is 6. The zero-order valence-corrected chi connectivity index (χ0v) is 14.0. The molecule has 1 atom stereocenters. The number of nitrogens with zero attached hydrogens (tertiary/aromatic N) is 1. The number of nitrogens with one attached hydrogen (secondary N) is 2. The number of amides is 1. The monoisotopic (exact) mass is 329 g/mol. The lowest BCUT2D eigenvalue weighted by Gasteiger charge is -2.30. The van der Waals surface area contributed by atoms with Crippen LogP contribution in [0.5, 0.6) is 0 Å². The second kappa shape index (κ2) is 8.22. The van der Waals surface area contributed by atoms with Crippen molar-refractivity contribution in [3.8, 4) is 0 Å². The van der Waals surface area contributed by atoms with E-state index in [9.17, 15) is 4.79 Å². The molecule has 2 N–H and O–H groups in total. The van der Waals surface area contributed by atoms with E-state index >= 15 is 0 Å². The van der Waals surface area contributed by atoms with Crippen LogP contribution in [0.25, 0.3) is 0 Å². The van der Waals surface area contributed by atoms with E-state index in [2.05, 4.69) is 39.2 Å². The highest BCUT2D eigenvalue weighted by Gasteiger charge is 2.27. The van der Waals surface area contributed by atoms with Crippen LogP contribution in [0.2, 0.25) is 0 Å². The summed E-state index contributed by atoms with van der Waals surface area (Å²) in [5.41, 5.74) is 2.41. The van der Waals surface area contributed by atoms with Crippen molar-refractivity contribution >= 4 is 17.2 Å². The van der Waals surface area contributed by atoms with Crippen molar-refractivity contribution in [2.45, 2.75) is 31.7 Å². The number of thiophene rings is 1. The van der Waals surface area contributed by atoms with Crippen molar-refractivity contribution in [1.29, 1.82) is 0 Å². The van der Waals surface area contributed by atoms with Crippen LogP contribution in [0, 0.1) is 5.92 Å². The summed E-state index contributed by atoms with van der Waals surface area (Å²) in [6.45, 7) is 2.71. The van der Waals surface area contributed by atoms with Gasteiger partial charge in [0, 0.05) is 25.4 Å². The fourth-order valence-corrected chi connectivity index (χ4v) is 3.95. The minimum absolute atomic E-state index is 0.136. The van der Waals surface area contributed by atoms with Crippen molar-refractivity contribution < 1.29 is 4.79 Å². The Morgan fingerprint density at radius 3 is 2.78 bits per heavy atom. The number of aromatic nitrogens is 1. The molecule has 1 fully saturated rings. The number of hydrogen-bond donors (Lipinski definition) is 2. The molecule has 2 aromatic heterocycles. The van der Waals surface area contributed by atoms with Crippen LogP contribution in [-0.2, 0) is 11.3 Å². The second-order valence-electron chi connectivity index (χ2n) is 6.09. The van der Waals surface area contributed by atoms with Crippen molar-refractivity contribution in [3.05, 3.63) is 52.5 Å². The topological polar surface area (TPSA) is 54.0 Å². The van der Waals surface area contributed by atoms with Crippen LogP contribution in [0.15, 0.2) is 41.4 Å². The lowest BCUT2D eigenvalue weighted by atomic mass is 9.78. The third-order valence-corrected chi connectivity index (χ3v) is 5.29. The van der Waals surface area contributed by atoms with E-state index in [-0.39, 0.29) is 11.8 Å². The average molecular weight is 329 g/mol. The quantitative estimate of drug-likeness (QED) is 0.857. The van der Waals surface area contributed by atoms with Crippen LogP contribution >= 0.6 is 11.3 Å². The summed E-state index contributed by atoms with van der Waals surface area (Å²) in [4.78, 5) is 16.5. The molecule has 1 aliphatic rings. The van der Waals surface area contributed by atoms with Crippen molar-refractivity contribution in [2.24, 2.45) is 5.92 Å². The van der Waals surface area contributed by atoms with Gasteiger partial charge in [0.15, 0.2) is 0 Å². The Kier molecular flexibility index (Phi) is 5.77. The first-order chi connectivity index (χ1) is 11.3. The van der Waals surface area contributed by atoms with Crippen LogP contribution in [0.1, 0.15) is 36.3 Å². The van der Waals surface area contributed by atoms with E-state index in [0.717, 1.165) is 25.9 Å². The zero-order valence-electron chi connectivity index (χ0n) is 13.2. The number of carbonyl (C=O) groups excluding carboxylic acids is 1. The molecule has 0 aliphatic carbocycles. The Morgan fingerprint density at radius 1 is 1.30 bits per heavy atom. The maximum Gasteiger partial charge on any atom is 0.220 e. The van der Waals surface area contributed by atoms with E-state index in [1.807, 2.05) is 17.8 Å². The van der Waals surface area contributed by atoms with Gasteiger partial charge in [0.2, 0.25) is 5.91 Å². The Balaban J connectivity index is 1.64. The summed E-state index contributed by atoms with van der Waals surface area (Å²) in [5.74, 6) is 0.977. The first-order valence-corrected chi connectivity index (χ1v) is 9.15. The second-order valence-corrected chi connectivity index (χ2v) is 6.87. The van der Waals surface area contributed by atoms with Crippen LogP contribution < -0.4 is 10.6 Å². The van der Waals surface area contributed by atoms with Gasteiger partial charge in [-0.2, -0.15) is 11.3 Å². The standard InChI is InChI=1S/C18H23N3OS/c22-18(21-12-14-5-10-23-13-14)11-17(15-1-6-19-7-2-15)16-3-8-20-9-4-16/h1-2,5-7,10,13,16-17,20H,3-4,8-9,11-12H2,(H,21,22). The molecule has 0 saturated carbocycles. The highest BCUT2D eigenvalue weighted by atomic mass is 32.1. The van der Waals surface area contributed by atoms with E-state index in [1.165, 1.54) is 11.1 Å². The maximum atomic E-state index is 12.4. The number of hydrogen-bond acceptors (Lipinski definition) is 4. The summed E-state index contributed by atoms with van der Waals surface area (Å²) >= 11 is 1.66. The number of pyridine rings is 1. The molecule has 0 aromatic carbocycles. The molecule has 0 radical (unpaired) electrons. The Bertz CT molecular complexity index is 594. The molecule has 122 valence electrons. The molecule has 4 nitrogen and oxygen atoms in total. The molecule has 23 heavy (non-hydrogen) atoms. The zero-order chi connectivity index (χ0) is 15.9.